The summed E-state index contributed by atoms with van der Waals surface area (Å²) in [5.41, 5.74) is 2.18. The summed E-state index contributed by atoms with van der Waals surface area (Å²) in [5.74, 6) is 0. The molecule has 0 unspecified atom stereocenters. The average Bonchev–Trinajstić information content (AvgIpc) is 2.71. The lowest BCUT2D eigenvalue weighted by Crippen LogP contribution is -1.84. The summed E-state index contributed by atoms with van der Waals surface area (Å²) in [6.45, 7) is 0. The molecule has 0 aliphatic rings. The minimum Gasteiger partial charge on any atom is -0.459 e. The molecule has 3 rings (SSSR count). The van der Waals surface area contributed by atoms with E-state index >= 15 is 0 Å². The first kappa shape index (κ1) is 5.70. The molecule has 0 aromatic carbocycles. The molecule has 5 nitrogen and oxygen atoms in total. The number of hydrogen-bond acceptors (Lipinski definition) is 4. The van der Waals surface area contributed by atoms with Crippen molar-refractivity contribution in [2.24, 2.45) is 0 Å². The van der Waals surface area contributed by atoms with E-state index < -0.39 is 0 Å². The van der Waals surface area contributed by atoms with E-state index in [4.69, 9.17) is 4.42 Å². The number of aromatic nitrogens is 4. The average molecular weight is 160 g/mol. The van der Waals surface area contributed by atoms with E-state index in [-0.39, 0.29) is 0 Å². The van der Waals surface area contributed by atoms with Crippen molar-refractivity contribution in [2.45, 2.75) is 0 Å². The molecule has 0 bridgehead atoms. The standard InChI is InChI=1S/C7H4N4O/c1-2-12-6-5(1)8-3-11-4-9-10-7(6)11/h1-4H. The molecular formula is C7H4N4O. The SMILES string of the molecule is c1cc2ncn3cnnc3c2o1. The largest absolute Gasteiger partial charge is 0.459 e. The Kier molecular flexibility index (Phi) is 0.864. The molecule has 0 saturated heterocycles. The molecule has 0 radical (unpaired) electrons. The summed E-state index contributed by atoms with van der Waals surface area (Å²) in [7, 11) is 0. The topological polar surface area (TPSA) is 56.2 Å². The summed E-state index contributed by atoms with van der Waals surface area (Å²) in [6.07, 6.45) is 4.84. The van der Waals surface area contributed by atoms with Gasteiger partial charge in [-0.05, 0) is 0 Å². The van der Waals surface area contributed by atoms with Gasteiger partial charge in [-0.1, -0.05) is 0 Å². The van der Waals surface area contributed by atoms with Crippen molar-refractivity contribution in [1.29, 1.82) is 0 Å². The van der Waals surface area contributed by atoms with Crippen LogP contribution in [0.15, 0.2) is 29.4 Å². The van der Waals surface area contributed by atoms with Crippen molar-refractivity contribution in [3.8, 4) is 0 Å². The highest BCUT2D eigenvalue weighted by Crippen LogP contribution is 2.15. The van der Waals surface area contributed by atoms with Crippen molar-refractivity contribution >= 4 is 16.7 Å². The lowest BCUT2D eigenvalue weighted by atomic mass is 10.4. The number of furan rings is 1. The summed E-state index contributed by atoms with van der Waals surface area (Å²) in [5, 5.41) is 7.64. The third kappa shape index (κ3) is 0.554. The van der Waals surface area contributed by atoms with Crippen LogP contribution in [-0.2, 0) is 0 Å². The Morgan fingerprint density at radius 3 is 3.33 bits per heavy atom. The highest BCUT2D eigenvalue weighted by molar-refractivity contribution is 5.84. The van der Waals surface area contributed by atoms with Gasteiger partial charge in [-0.2, -0.15) is 0 Å². The number of nitrogens with zero attached hydrogens (tertiary/aromatic N) is 4. The first-order valence-corrected chi connectivity index (χ1v) is 3.47. The minimum absolute atomic E-state index is 0.676. The van der Waals surface area contributed by atoms with E-state index in [1.54, 1.807) is 29.4 Å². The molecule has 0 fully saturated rings. The van der Waals surface area contributed by atoms with Crippen molar-refractivity contribution in [3.63, 3.8) is 0 Å². The zero-order valence-electron chi connectivity index (χ0n) is 6.01. The van der Waals surface area contributed by atoms with E-state index in [0.29, 0.717) is 11.2 Å². The molecule has 0 aliphatic heterocycles. The van der Waals surface area contributed by atoms with Gasteiger partial charge in [0.1, 0.15) is 18.2 Å². The fraction of sp³-hybridized carbons (Fsp3) is 0. The van der Waals surface area contributed by atoms with Crippen LogP contribution in [0.2, 0.25) is 0 Å². The summed E-state index contributed by atoms with van der Waals surface area (Å²) >= 11 is 0. The second-order valence-electron chi connectivity index (χ2n) is 2.44. The maximum Gasteiger partial charge on any atom is 0.207 e. The molecule has 3 aromatic heterocycles. The van der Waals surface area contributed by atoms with Gasteiger partial charge in [0.2, 0.25) is 5.65 Å². The van der Waals surface area contributed by atoms with Gasteiger partial charge in [-0.25, -0.2) is 4.98 Å². The van der Waals surface area contributed by atoms with E-state index in [2.05, 4.69) is 15.2 Å². The molecule has 12 heavy (non-hydrogen) atoms. The van der Waals surface area contributed by atoms with Crippen LogP contribution in [0, 0.1) is 0 Å². The van der Waals surface area contributed by atoms with Crippen LogP contribution in [0.3, 0.4) is 0 Å². The number of rotatable bonds is 0. The Morgan fingerprint density at radius 1 is 1.33 bits per heavy atom. The fourth-order valence-electron chi connectivity index (χ4n) is 1.19. The zero-order valence-corrected chi connectivity index (χ0v) is 6.01. The highest BCUT2D eigenvalue weighted by atomic mass is 16.3. The van der Waals surface area contributed by atoms with Gasteiger partial charge in [0.15, 0.2) is 5.58 Å². The van der Waals surface area contributed by atoms with E-state index in [1.165, 1.54) is 0 Å². The molecule has 0 spiro atoms. The van der Waals surface area contributed by atoms with Gasteiger partial charge >= 0.3 is 0 Å². The van der Waals surface area contributed by atoms with Crippen molar-refractivity contribution < 1.29 is 4.42 Å². The lowest BCUT2D eigenvalue weighted by Gasteiger charge is -1.89. The summed E-state index contributed by atoms with van der Waals surface area (Å²) in [4.78, 5) is 4.13. The van der Waals surface area contributed by atoms with E-state index in [9.17, 15) is 0 Å². The van der Waals surface area contributed by atoms with E-state index in [1.807, 2.05) is 0 Å². The zero-order chi connectivity index (χ0) is 7.97. The number of hydrogen-bond donors (Lipinski definition) is 0. The third-order valence-electron chi connectivity index (χ3n) is 1.74. The summed E-state index contributed by atoms with van der Waals surface area (Å²) < 4.78 is 6.92. The maximum absolute atomic E-state index is 5.20. The molecule has 0 saturated carbocycles. The smallest absolute Gasteiger partial charge is 0.207 e. The maximum atomic E-state index is 5.20. The van der Waals surface area contributed by atoms with Crippen LogP contribution in [0.5, 0.6) is 0 Å². The molecule has 3 heterocycles. The Hall–Kier alpha value is -1.91. The third-order valence-corrected chi connectivity index (χ3v) is 1.74. The van der Waals surface area contributed by atoms with Gasteiger partial charge in [-0.15, -0.1) is 10.2 Å². The van der Waals surface area contributed by atoms with E-state index in [0.717, 1.165) is 5.52 Å². The Balaban J connectivity index is 2.71. The summed E-state index contributed by atoms with van der Waals surface area (Å²) in [6, 6.07) is 1.80. The molecule has 0 atom stereocenters. The van der Waals surface area contributed by atoms with Crippen LogP contribution in [-0.4, -0.2) is 19.6 Å². The monoisotopic (exact) mass is 160 g/mol. The second kappa shape index (κ2) is 1.82. The van der Waals surface area contributed by atoms with Crippen LogP contribution in [0.1, 0.15) is 0 Å². The van der Waals surface area contributed by atoms with Gasteiger partial charge < -0.3 is 4.42 Å². The first-order valence-electron chi connectivity index (χ1n) is 3.47. The fourth-order valence-corrected chi connectivity index (χ4v) is 1.19. The molecular weight excluding hydrogens is 156 g/mol. The minimum atomic E-state index is 0.676. The van der Waals surface area contributed by atoms with Gasteiger partial charge in [0.05, 0.1) is 6.26 Å². The molecule has 0 aliphatic carbocycles. The van der Waals surface area contributed by atoms with Gasteiger partial charge in [0, 0.05) is 6.07 Å². The predicted octanol–water partition coefficient (Wildman–Crippen LogP) is 0.870. The Bertz CT molecular complexity index is 489. The highest BCUT2D eigenvalue weighted by Gasteiger charge is 2.04. The van der Waals surface area contributed by atoms with Crippen LogP contribution >= 0.6 is 0 Å². The Morgan fingerprint density at radius 2 is 2.33 bits per heavy atom. The normalized spacial score (nSPS) is 11.3. The van der Waals surface area contributed by atoms with Crippen molar-refractivity contribution in [3.05, 3.63) is 25.0 Å². The molecule has 0 amide bonds. The molecule has 5 heteroatoms. The van der Waals surface area contributed by atoms with Crippen molar-refractivity contribution in [2.75, 3.05) is 0 Å². The second-order valence-corrected chi connectivity index (χ2v) is 2.44. The van der Waals surface area contributed by atoms with Crippen molar-refractivity contribution in [1.82, 2.24) is 19.6 Å². The van der Waals surface area contributed by atoms with Crippen LogP contribution < -0.4 is 0 Å². The Labute approximate surface area is 66.7 Å². The molecule has 58 valence electrons. The quantitative estimate of drug-likeness (QED) is 0.489. The predicted molar refractivity (Wildman–Crippen MR) is 40.6 cm³/mol. The van der Waals surface area contributed by atoms with Crippen LogP contribution in [0.4, 0.5) is 0 Å². The van der Waals surface area contributed by atoms with Gasteiger partial charge in [-0.3, -0.25) is 4.40 Å². The molecule has 0 N–H and O–H groups in total. The number of fused-ring (bicyclic) bond motifs is 3. The first-order chi connectivity index (χ1) is 5.95. The molecule has 3 aromatic rings. The van der Waals surface area contributed by atoms with Gasteiger partial charge in [0.25, 0.3) is 0 Å². The lowest BCUT2D eigenvalue weighted by molar-refractivity contribution is 0.616. The van der Waals surface area contributed by atoms with Crippen LogP contribution in [0.25, 0.3) is 16.7 Å².